The zero-order valence-electron chi connectivity index (χ0n) is 9.60. The van der Waals surface area contributed by atoms with Crippen LogP contribution < -0.4 is 0 Å². The van der Waals surface area contributed by atoms with Crippen LogP contribution >= 0.6 is 0 Å². The topological polar surface area (TPSA) is 27.0 Å². The number of piperidine rings is 1. The molecule has 1 aromatic rings. The summed E-state index contributed by atoms with van der Waals surface area (Å²) in [6.45, 7) is 2.77. The fourth-order valence-electron chi connectivity index (χ4n) is 2.40. The molecule has 16 heavy (non-hydrogen) atoms. The van der Waals surface area contributed by atoms with Crippen molar-refractivity contribution in [1.29, 1.82) is 5.26 Å². The Kier molecular flexibility index (Phi) is 3.96. The second-order valence-corrected chi connectivity index (χ2v) is 4.57. The minimum Gasteiger partial charge on any atom is -0.291 e. The summed E-state index contributed by atoms with van der Waals surface area (Å²) in [4.78, 5) is 2.25. The zero-order chi connectivity index (χ0) is 11.2. The highest BCUT2D eigenvalue weighted by molar-refractivity contribution is 5.15. The lowest BCUT2D eigenvalue weighted by Crippen LogP contribution is -2.34. The molecule has 2 nitrogen and oxygen atoms in total. The number of hydrogen-bond acceptors (Lipinski definition) is 2. The van der Waals surface area contributed by atoms with Crippen LogP contribution in [0.5, 0.6) is 0 Å². The van der Waals surface area contributed by atoms with E-state index in [0.717, 1.165) is 19.0 Å². The van der Waals surface area contributed by atoms with Gasteiger partial charge in [0.25, 0.3) is 0 Å². The highest BCUT2D eigenvalue weighted by atomic mass is 15.1. The number of hydrogen-bond donors (Lipinski definition) is 0. The molecule has 1 fully saturated rings. The highest BCUT2D eigenvalue weighted by Crippen LogP contribution is 2.21. The van der Waals surface area contributed by atoms with E-state index in [4.69, 9.17) is 5.26 Å². The van der Waals surface area contributed by atoms with Crippen molar-refractivity contribution in [2.45, 2.75) is 19.3 Å². The van der Waals surface area contributed by atoms with Crippen molar-refractivity contribution in [3.8, 4) is 6.07 Å². The number of nitriles is 1. The van der Waals surface area contributed by atoms with Crippen LogP contribution in [-0.2, 0) is 6.42 Å². The van der Waals surface area contributed by atoms with Gasteiger partial charge < -0.3 is 0 Å². The fraction of sp³-hybridized carbons (Fsp3) is 0.500. The second kappa shape index (κ2) is 5.67. The molecule has 1 aromatic carbocycles. The van der Waals surface area contributed by atoms with Crippen LogP contribution in [0.1, 0.15) is 18.4 Å². The van der Waals surface area contributed by atoms with E-state index in [1.54, 1.807) is 0 Å². The standard InChI is InChI=1S/C14H18N2/c15-8-11-16-9-6-14(7-10-16)12-13-4-2-1-3-5-13/h1-5,14H,6-7,9-12H2. The summed E-state index contributed by atoms with van der Waals surface area (Å²) in [5.41, 5.74) is 1.45. The third kappa shape index (κ3) is 3.08. The summed E-state index contributed by atoms with van der Waals surface area (Å²) in [5.74, 6) is 0.803. The van der Waals surface area contributed by atoms with E-state index < -0.39 is 0 Å². The molecule has 2 rings (SSSR count). The maximum atomic E-state index is 8.63. The van der Waals surface area contributed by atoms with Crippen LogP contribution in [0, 0.1) is 17.2 Å². The third-order valence-electron chi connectivity index (χ3n) is 3.37. The molecule has 0 saturated carbocycles. The van der Waals surface area contributed by atoms with Gasteiger partial charge in [0.1, 0.15) is 0 Å². The largest absolute Gasteiger partial charge is 0.291 e. The van der Waals surface area contributed by atoms with Gasteiger partial charge >= 0.3 is 0 Å². The Morgan fingerprint density at radius 1 is 1.19 bits per heavy atom. The molecule has 84 valence electrons. The van der Waals surface area contributed by atoms with Crippen molar-refractivity contribution in [1.82, 2.24) is 4.90 Å². The van der Waals surface area contributed by atoms with Gasteiger partial charge in [0.05, 0.1) is 12.6 Å². The maximum absolute atomic E-state index is 8.63. The normalized spacial score (nSPS) is 18.2. The van der Waals surface area contributed by atoms with Gasteiger partial charge in [-0.25, -0.2) is 0 Å². The van der Waals surface area contributed by atoms with Crippen LogP contribution in [0.3, 0.4) is 0 Å². The average molecular weight is 214 g/mol. The van der Waals surface area contributed by atoms with E-state index in [-0.39, 0.29) is 0 Å². The molecule has 0 aliphatic carbocycles. The Balaban J connectivity index is 1.80. The van der Waals surface area contributed by atoms with Crippen LogP contribution in [0.2, 0.25) is 0 Å². The molecule has 0 bridgehead atoms. The molecule has 1 heterocycles. The van der Waals surface area contributed by atoms with Crippen molar-refractivity contribution in [2.24, 2.45) is 5.92 Å². The van der Waals surface area contributed by atoms with Crippen molar-refractivity contribution in [3.63, 3.8) is 0 Å². The molecule has 1 aliphatic heterocycles. The molecule has 0 atom stereocenters. The van der Waals surface area contributed by atoms with Gasteiger partial charge in [0.2, 0.25) is 0 Å². The Bertz CT molecular complexity index is 345. The quantitative estimate of drug-likeness (QED) is 0.723. The second-order valence-electron chi connectivity index (χ2n) is 4.57. The van der Waals surface area contributed by atoms with Gasteiger partial charge in [-0.05, 0) is 43.8 Å². The molecule has 0 spiro atoms. The van der Waals surface area contributed by atoms with Crippen molar-refractivity contribution >= 4 is 0 Å². The molecule has 1 saturated heterocycles. The number of benzene rings is 1. The number of rotatable bonds is 3. The van der Waals surface area contributed by atoms with Crippen molar-refractivity contribution in [2.75, 3.05) is 19.6 Å². The zero-order valence-corrected chi connectivity index (χ0v) is 9.60. The first-order valence-electron chi connectivity index (χ1n) is 6.01. The summed E-state index contributed by atoms with van der Waals surface area (Å²) in [7, 11) is 0. The van der Waals surface area contributed by atoms with Crippen LogP contribution in [-0.4, -0.2) is 24.5 Å². The Morgan fingerprint density at radius 2 is 1.88 bits per heavy atom. The van der Waals surface area contributed by atoms with E-state index >= 15 is 0 Å². The van der Waals surface area contributed by atoms with Gasteiger partial charge in [-0.1, -0.05) is 30.3 Å². The first-order chi connectivity index (χ1) is 7.88. The summed E-state index contributed by atoms with van der Waals surface area (Å²) in [6, 6.07) is 12.9. The van der Waals surface area contributed by atoms with Gasteiger partial charge in [-0.2, -0.15) is 5.26 Å². The smallest absolute Gasteiger partial charge is 0.0865 e. The average Bonchev–Trinajstić information content (AvgIpc) is 2.33. The predicted octanol–water partition coefficient (Wildman–Crippen LogP) is 2.46. The lowest BCUT2D eigenvalue weighted by atomic mass is 9.90. The molecular weight excluding hydrogens is 196 g/mol. The molecule has 2 heteroatoms. The fourth-order valence-corrected chi connectivity index (χ4v) is 2.40. The Hall–Kier alpha value is -1.33. The lowest BCUT2D eigenvalue weighted by molar-refractivity contribution is 0.202. The molecule has 0 aromatic heterocycles. The van der Waals surface area contributed by atoms with Crippen LogP contribution in [0.25, 0.3) is 0 Å². The minimum atomic E-state index is 0.595. The number of nitrogens with zero attached hydrogens (tertiary/aromatic N) is 2. The first kappa shape index (κ1) is 11.2. The van der Waals surface area contributed by atoms with Gasteiger partial charge in [0.15, 0.2) is 0 Å². The first-order valence-corrected chi connectivity index (χ1v) is 6.01. The molecule has 0 amide bonds. The van der Waals surface area contributed by atoms with Gasteiger partial charge in [0, 0.05) is 0 Å². The number of likely N-dealkylation sites (tertiary alicyclic amines) is 1. The minimum absolute atomic E-state index is 0.595. The maximum Gasteiger partial charge on any atom is 0.0865 e. The highest BCUT2D eigenvalue weighted by Gasteiger charge is 2.18. The van der Waals surface area contributed by atoms with E-state index in [0.29, 0.717) is 6.54 Å². The monoisotopic (exact) mass is 214 g/mol. The summed E-state index contributed by atoms with van der Waals surface area (Å²) in [6.07, 6.45) is 3.66. The van der Waals surface area contributed by atoms with Crippen LogP contribution in [0.15, 0.2) is 30.3 Å². The summed E-state index contributed by atoms with van der Waals surface area (Å²) >= 11 is 0. The molecule has 0 N–H and O–H groups in total. The predicted molar refractivity (Wildman–Crippen MR) is 64.9 cm³/mol. The van der Waals surface area contributed by atoms with Gasteiger partial charge in [-0.3, -0.25) is 4.90 Å². The van der Waals surface area contributed by atoms with Crippen LogP contribution in [0.4, 0.5) is 0 Å². The SMILES string of the molecule is N#CCN1CCC(Cc2ccccc2)CC1. The summed E-state index contributed by atoms with van der Waals surface area (Å²) in [5, 5.41) is 8.63. The molecule has 0 radical (unpaired) electrons. The van der Waals surface area contributed by atoms with Crippen molar-refractivity contribution < 1.29 is 0 Å². The Labute approximate surface area is 97.5 Å². The molecular formula is C14H18N2. The molecule has 1 aliphatic rings. The van der Waals surface area contributed by atoms with Gasteiger partial charge in [-0.15, -0.1) is 0 Å². The third-order valence-corrected chi connectivity index (χ3v) is 3.37. The molecule has 0 unspecified atom stereocenters. The Morgan fingerprint density at radius 3 is 2.50 bits per heavy atom. The van der Waals surface area contributed by atoms with E-state index in [1.165, 1.54) is 24.8 Å². The van der Waals surface area contributed by atoms with E-state index in [1.807, 2.05) is 0 Å². The summed E-state index contributed by atoms with van der Waals surface area (Å²) < 4.78 is 0. The lowest BCUT2D eigenvalue weighted by Gasteiger charge is -2.30. The van der Waals surface area contributed by atoms with E-state index in [2.05, 4.69) is 41.3 Å². The van der Waals surface area contributed by atoms with E-state index in [9.17, 15) is 0 Å². The van der Waals surface area contributed by atoms with Crippen molar-refractivity contribution in [3.05, 3.63) is 35.9 Å².